The average Bonchev–Trinajstić information content (AvgIpc) is 3.20. The highest BCUT2D eigenvalue weighted by molar-refractivity contribution is 7.98. The van der Waals surface area contributed by atoms with E-state index in [1.807, 2.05) is 54.3 Å². The Hall–Kier alpha value is -2.87. The van der Waals surface area contributed by atoms with Gasteiger partial charge in [-0.15, -0.1) is 11.8 Å². The van der Waals surface area contributed by atoms with Crippen molar-refractivity contribution in [3.8, 4) is 5.82 Å². The van der Waals surface area contributed by atoms with Crippen molar-refractivity contribution >= 4 is 29.2 Å². The number of piperidine rings is 1. The third kappa shape index (κ3) is 4.27. The molecule has 0 unspecified atom stereocenters. The van der Waals surface area contributed by atoms with Crippen molar-refractivity contribution in [3.63, 3.8) is 0 Å². The van der Waals surface area contributed by atoms with Crippen molar-refractivity contribution in [1.82, 2.24) is 19.5 Å². The van der Waals surface area contributed by atoms with Gasteiger partial charge in [0.1, 0.15) is 23.8 Å². The molecule has 0 aliphatic carbocycles. The monoisotopic (exact) mass is 408 g/mol. The molecular weight excluding hydrogens is 384 g/mol. The van der Waals surface area contributed by atoms with Gasteiger partial charge in [0, 0.05) is 42.4 Å². The van der Waals surface area contributed by atoms with E-state index >= 15 is 0 Å². The number of aryl methyl sites for hydroxylation is 1. The lowest BCUT2D eigenvalue weighted by Crippen LogP contribution is -2.38. The molecule has 1 saturated heterocycles. The van der Waals surface area contributed by atoms with Crippen LogP contribution < -0.4 is 10.2 Å². The molecule has 8 heteroatoms. The van der Waals surface area contributed by atoms with Gasteiger partial charge in [0.2, 0.25) is 5.91 Å². The fraction of sp³-hybridized carbons (Fsp3) is 0.333. The number of carbonyl (C=O) groups excluding carboxylic acids is 1. The third-order valence-electron chi connectivity index (χ3n) is 5.27. The SMILES string of the molecule is CSc1ccccc1NC(=O)C1CCN(c2cc(-n3ccnc3C)ncn2)CC1. The lowest BCUT2D eigenvalue weighted by molar-refractivity contribution is -0.120. The second kappa shape index (κ2) is 8.65. The van der Waals surface area contributed by atoms with Crippen LogP contribution in [0.4, 0.5) is 11.5 Å². The van der Waals surface area contributed by atoms with Gasteiger partial charge in [0.25, 0.3) is 0 Å². The van der Waals surface area contributed by atoms with Crippen molar-refractivity contribution in [2.75, 3.05) is 29.6 Å². The smallest absolute Gasteiger partial charge is 0.227 e. The molecule has 7 nitrogen and oxygen atoms in total. The van der Waals surface area contributed by atoms with Gasteiger partial charge >= 0.3 is 0 Å². The molecule has 4 rings (SSSR count). The van der Waals surface area contributed by atoms with E-state index in [9.17, 15) is 4.79 Å². The molecule has 1 amide bonds. The highest BCUT2D eigenvalue weighted by Gasteiger charge is 2.26. The van der Waals surface area contributed by atoms with Gasteiger partial charge in [0.05, 0.1) is 5.69 Å². The van der Waals surface area contributed by atoms with Gasteiger partial charge in [0.15, 0.2) is 0 Å². The summed E-state index contributed by atoms with van der Waals surface area (Å²) in [6.45, 7) is 3.53. The molecule has 0 saturated carbocycles. The summed E-state index contributed by atoms with van der Waals surface area (Å²) in [5.41, 5.74) is 0.892. The lowest BCUT2D eigenvalue weighted by atomic mass is 9.96. The van der Waals surface area contributed by atoms with E-state index in [0.29, 0.717) is 0 Å². The molecule has 1 aliphatic heterocycles. The molecule has 29 heavy (non-hydrogen) atoms. The molecule has 1 aromatic carbocycles. The minimum atomic E-state index is 0.0124. The first-order chi connectivity index (χ1) is 14.2. The molecule has 3 aromatic rings. The van der Waals surface area contributed by atoms with E-state index in [4.69, 9.17) is 0 Å². The molecule has 1 N–H and O–H groups in total. The summed E-state index contributed by atoms with van der Waals surface area (Å²) in [6.07, 6.45) is 8.86. The predicted octanol–water partition coefficient (Wildman–Crippen LogP) is 3.55. The van der Waals surface area contributed by atoms with Crippen LogP contribution in [0.2, 0.25) is 0 Å². The summed E-state index contributed by atoms with van der Waals surface area (Å²) in [6, 6.07) is 9.90. The minimum Gasteiger partial charge on any atom is -0.356 e. The summed E-state index contributed by atoms with van der Waals surface area (Å²) in [4.78, 5) is 29.1. The third-order valence-corrected chi connectivity index (χ3v) is 6.06. The maximum atomic E-state index is 12.8. The number of anilines is 2. The largest absolute Gasteiger partial charge is 0.356 e. The zero-order valence-corrected chi connectivity index (χ0v) is 17.4. The number of carbonyl (C=O) groups is 1. The Kier molecular flexibility index (Phi) is 5.80. The topological polar surface area (TPSA) is 75.9 Å². The van der Waals surface area contributed by atoms with E-state index in [-0.39, 0.29) is 11.8 Å². The lowest BCUT2D eigenvalue weighted by Gasteiger charge is -2.32. The molecule has 150 valence electrons. The van der Waals surface area contributed by atoms with Crippen molar-refractivity contribution in [3.05, 3.63) is 54.9 Å². The van der Waals surface area contributed by atoms with Gasteiger partial charge in [-0.1, -0.05) is 12.1 Å². The number of thioether (sulfide) groups is 1. The van der Waals surface area contributed by atoms with Crippen molar-refractivity contribution in [2.45, 2.75) is 24.7 Å². The molecule has 0 atom stereocenters. The van der Waals surface area contributed by atoms with Crippen molar-refractivity contribution < 1.29 is 4.79 Å². The summed E-state index contributed by atoms with van der Waals surface area (Å²) in [5.74, 6) is 2.69. The molecule has 1 fully saturated rings. The fourth-order valence-corrected chi connectivity index (χ4v) is 4.17. The Morgan fingerprint density at radius 3 is 2.62 bits per heavy atom. The predicted molar refractivity (Wildman–Crippen MR) is 116 cm³/mol. The first-order valence-corrected chi connectivity index (χ1v) is 10.9. The Bertz CT molecular complexity index is 996. The Morgan fingerprint density at radius 2 is 1.90 bits per heavy atom. The van der Waals surface area contributed by atoms with Crippen LogP contribution >= 0.6 is 11.8 Å². The molecule has 3 heterocycles. The van der Waals surface area contributed by atoms with Crippen LogP contribution in [0.25, 0.3) is 5.82 Å². The summed E-state index contributed by atoms with van der Waals surface area (Å²) < 4.78 is 1.94. The second-order valence-corrected chi connectivity index (χ2v) is 7.88. The van der Waals surface area contributed by atoms with Crippen LogP contribution in [0, 0.1) is 12.8 Å². The Balaban J connectivity index is 1.39. The molecular formula is C21H24N6OS. The quantitative estimate of drug-likeness (QED) is 0.651. The van der Waals surface area contributed by atoms with Gasteiger partial charge in [-0.25, -0.2) is 15.0 Å². The van der Waals surface area contributed by atoms with Crippen LogP contribution in [0.15, 0.2) is 53.9 Å². The molecule has 0 bridgehead atoms. The Labute approximate surface area is 174 Å². The van der Waals surface area contributed by atoms with Crippen LogP contribution in [0.5, 0.6) is 0 Å². The summed E-state index contributed by atoms with van der Waals surface area (Å²) in [7, 11) is 0. The van der Waals surface area contributed by atoms with Gasteiger partial charge in [-0.05, 0) is 38.2 Å². The van der Waals surface area contributed by atoms with Crippen LogP contribution in [-0.2, 0) is 4.79 Å². The normalized spacial score (nSPS) is 14.8. The van der Waals surface area contributed by atoms with Crippen LogP contribution in [-0.4, -0.2) is 44.8 Å². The number of hydrogen-bond donors (Lipinski definition) is 1. The maximum absolute atomic E-state index is 12.8. The molecule has 0 spiro atoms. The minimum absolute atomic E-state index is 0.0124. The summed E-state index contributed by atoms with van der Waals surface area (Å²) in [5, 5.41) is 3.11. The van der Waals surface area contributed by atoms with Crippen LogP contribution in [0.1, 0.15) is 18.7 Å². The number of nitrogens with one attached hydrogen (secondary N) is 1. The van der Waals surface area contributed by atoms with Gasteiger partial charge < -0.3 is 10.2 Å². The number of hydrogen-bond acceptors (Lipinski definition) is 6. The highest BCUT2D eigenvalue weighted by Crippen LogP contribution is 2.27. The number of benzene rings is 1. The van der Waals surface area contributed by atoms with Crippen molar-refractivity contribution in [1.29, 1.82) is 0 Å². The van der Waals surface area contributed by atoms with E-state index in [0.717, 1.165) is 54.0 Å². The highest BCUT2D eigenvalue weighted by atomic mass is 32.2. The standard InChI is InChI=1S/C21H24N6OS/c1-15-22-9-12-27(15)20-13-19(23-14-24-20)26-10-7-16(8-11-26)21(28)25-17-5-3-4-6-18(17)29-2/h3-6,9,12-14,16H,7-8,10-11H2,1-2H3,(H,25,28). The van der Waals surface area contributed by atoms with Gasteiger partial charge in [-0.2, -0.15) is 0 Å². The zero-order valence-electron chi connectivity index (χ0n) is 16.6. The number of para-hydroxylation sites is 1. The summed E-state index contributed by atoms with van der Waals surface area (Å²) >= 11 is 1.64. The second-order valence-electron chi connectivity index (χ2n) is 7.03. The number of rotatable bonds is 5. The van der Waals surface area contributed by atoms with Gasteiger partial charge in [-0.3, -0.25) is 9.36 Å². The van der Waals surface area contributed by atoms with Crippen LogP contribution in [0.3, 0.4) is 0 Å². The first-order valence-electron chi connectivity index (χ1n) is 9.67. The molecule has 0 radical (unpaired) electrons. The van der Waals surface area contributed by atoms with Crippen molar-refractivity contribution in [2.24, 2.45) is 5.92 Å². The molecule has 2 aromatic heterocycles. The number of amides is 1. The molecule has 1 aliphatic rings. The van der Waals surface area contributed by atoms with E-state index in [1.54, 1.807) is 24.3 Å². The van der Waals surface area contributed by atoms with E-state index in [2.05, 4.69) is 25.2 Å². The number of aromatic nitrogens is 4. The maximum Gasteiger partial charge on any atom is 0.227 e. The fourth-order valence-electron chi connectivity index (χ4n) is 3.62. The van der Waals surface area contributed by atoms with E-state index < -0.39 is 0 Å². The Morgan fingerprint density at radius 1 is 1.14 bits per heavy atom. The number of imidazole rings is 1. The van der Waals surface area contributed by atoms with E-state index in [1.165, 1.54) is 0 Å². The first kappa shape index (κ1) is 19.4. The number of nitrogens with zero attached hydrogens (tertiary/aromatic N) is 5. The average molecular weight is 409 g/mol. The zero-order chi connectivity index (χ0) is 20.2.